The molecule has 1 atom stereocenters. The van der Waals surface area contributed by atoms with E-state index in [2.05, 4.69) is 15.0 Å². The van der Waals surface area contributed by atoms with E-state index in [1.807, 2.05) is 30.9 Å². The van der Waals surface area contributed by atoms with Crippen molar-refractivity contribution in [3.8, 4) is 0 Å². The number of carbonyl (C=O) groups is 1. The minimum Gasteiger partial charge on any atom is -0.376 e. The Morgan fingerprint density at radius 2 is 1.89 bits per heavy atom. The van der Waals surface area contributed by atoms with Crippen LogP contribution in [0.2, 0.25) is 5.15 Å². The Morgan fingerprint density at radius 3 is 2.66 bits per heavy atom. The number of amides is 1. The Balaban J connectivity index is 1.55. The van der Waals surface area contributed by atoms with Crippen molar-refractivity contribution in [3.05, 3.63) is 86.0 Å². The van der Waals surface area contributed by atoms with E-state index in [9.17, 15) is 14.0 Å². The van der Waals surface area contributed by atoms with Crippen molar-refractivity contribution in [2.45, 2.75) is 44.9 Å². The molecular weight excluding hydrogens is 527 g/mol. The van der Waals surface area contributed by atoms with Crippen molar-refractivity contribution in [1.29, 1.82) is 0 Å². The minimum absolute atomic E-state index is 0.153. The van der Waals surface area contributed by atoms with Gasteiger partial charge in [-0.2, -0.15) is 0 Å². The maximum absolute atomic E-state index is 13.8. The first kappa shape index (κ1) is 26.0. The van der Waals surface area contributed by atoms with Crippen LogP contribution in [-0.4, -0.2) is 20.4 Å². The lowest BCUT2D eigenvalue weighted by molar-refractivity contribution is -0.117. The van der Waals surface area contributed by atoms with Crippen molar-refractivity contribution in [2.24, 2.45) is 7.05 Å². The van der Waals surface area contributed by atoms with E-state index < -0.39 is 0 Å². The average Bonchev–Trinajstić information content (AvgIpc) is 3.29. The Hall–Kier alpha value is -3.63. The Morgan fingerprint density at radius 1 is 1.13 bits per heavy atom. The van der Waals surface area contributed by atoms with Crippen LogP contribution >= 0.6 is 23.5 Å². The molecule has 196 valence electrons. The van der Waals surface area contributed by atoms with Crippen LogP contribution in [-0.2, 0) is 24.9 Å². The number of pyridine rings is 1. The van der Waals surface area contributed by atoms with Crippen LogP contribution in [0.3, 0.4) is 0 Å². The van der Waals surface area contributed by atoms with Gasteiger partial charge in [0.05, 0.1) is 22.6 Å². The maximum Gasteiger partial charge on any atom is 0.262 e. The van der Waals surface area contributed by atoms with E-state index in [4.69, 9.17) is 16.6 Å². The molecule has 8 nitrogen and oxygen atoms in total. The molecule has 38 heavy (non-hydrogen) atoms. The molecule has 0 aliphatic carbocycles. The van der Waals surface area contributed by atoms with E-state index in [1.54, 1.807) is 29.8 Å². The van der Waals surface area contributed by atoms with Gasteiger partial charge in [-0.15, -0.1) is 0 Å². The van der Waals surface area contributed by atoms with Gasteiger partial charge in [0.2, 0.25) is 11.9 Å². The number of nitrogens with zero attached hydrogens (tertiary/aromatic N) is 4. The van der Waals surface area contributed by atoms with Crippen LogP contribution in [0, 0.1) is 12.7 Å². The predicted molar refractivity (Wildman–Crippen MR) is 149 cm³/mol. The molecule has 0 fully saturated rings. The molecule has 2 aromatic heterocycles. The Kier molecular flexibility index (Phi) is 7.02. The highest BCUT2D eigenvalue weighted by molar-refractivity contribution is 7.98. The molecule has 3 heterocycles. The van der Waals surface area contributed by atoms with Gasteiger partial charge in [0.25, 0.3) is 5.56 Å². The number of hydrogen-bond donors (Lipinski definition) is 2. The molecule has 1 aliphatic heterocycles. The quantitative estimate of drug-likeness (QED) is 0.249. The zero-order valence-electron chi connectivity index (χ0n) is 21.3. The molecule has 0 saturated carbocycles. The Bertz CT molecular complexity index is 1640. The van der Waals surface area contributed by atoms with Crippen molar-refractivity contribution >= 4 is 52.0 Å². The fourth-order valence-corrected chi connectivity index (χ4v) is 5.51. The molecule has 1 unspecified atom stereocenters. The summed E-state index contributed by atoms with van der Waals surface area (Å²) in [6.07, 6.45) is 0. The van der Waals surface area contributed by atoms with Crippen LogP contribution in [0.5, 0.6) is 0 Å². The largest absolute Gasteiger partial charge is 0.376 e. The molecule has 1 amide bonds. The Labute approximate surface area is 228 Å². The summed E-state index contributed by atoms with van der Waals surface area (Å²) in [6, 6.07) is 11.8. The summed E-state index contributed by atoms with van der Waals surface area (Å²) in [5.41, 5.74) is 4.79. The van der Waals surface area contributed by atoms with Gasteiger partial charge in [-0.3, -0.25) is 18.9 Å². The SMILES string of the molecule is CC(=O)NSc1nc(Cl)ccc1NC(C)c1cc(C)cc2c(=O)n(C)c(N3Cc4ccc(F)cc4C3)nc12. The van der Waals surface area contributed by atoms with Gasteiger partial charge < -0.3 is 10.2 Å². The van der Waals surface area contributed by atoms with Crippen molar-refractivity contribution < 1.29 is 9.18 Å². The molecule has 1 aliphatic rings. The highest BCUT2D eigenvalue weighted by atomic mass is 35.5. The molecule has 11 heteroatoms. The lowest BCUT2D eigenvalue weighted by Gasteiger charge is -2.23. The first-order valence-electron chi connectivity index (χ1n) is 12.0. The van der Waals surface area contributed by atoms with E-state index >= 15 is 0 Å². The van der Waals surface area contributed by atoms with Crippen LogP contribution < -0.4 is 20.5 Å². The fourth-order valence-electron chi connectivity index (χ4n) is 4.70. The first-order chi connectivity index (χ1) is 18.1. The van der Waals surface area contributed by atoms with Gasteiger partial charge in [0.15, 0.2) is 0 Å². The number of anilines is 2. The van der Waals surface area contributed by atoms with E-state index in [1.165, 1.54) is 19.1 Å². The second kappa shape index (κ2) is 10.3. The van der Waals surface area contributed by atoms with Gasteiger partial charge >= 0.3 is 0 Å². The normalized spacial score (nSPS) is 13.5. The average molecular weight is 553 g/mol. The number of rotatable bonds is 6. The summed E-state index contributed by atoms with van der Waals surface area (Å²) in [6.45, 7) is 6.34. The minimum atomic E-state index is -0.281. The third kappa shape index (κ3) is 5.06. The van der Waals surface area contributed by atoms with Gasteiger partial charge in [-0.1, -0.05) is 23.7 Å². The number of halogens is 2. The number of aromatic nitrogens is 3. The van der Waals surface area contributed by atoms with E-state index in [0.29, 0.717) is 45.8 Å². The zero-order valence-corrected chi connectivity index (χ0v) is 22.9. The number of benzene rings is 2. The summed E-state index contributed by atoms with van der Waals surface area (Å²) in [5.74, 6) is 0.0302. The third-order valence-corrected chi connectivity index (χ3v) is 7.56. The van der Waals surface area contributed by atoms with Gasteiger partial charge in [0, 0.05) is 44.6 Å². The summed E-state index contributed by atoms with van der Waals surface area (Å²) >= 11 is 7.17. The number of nitrogens with one attached hydrogen (secondary N) is 2. The smallest absolute Gasteiger partial charge is 0.262 e. The van der Waals surface area contributed by atoms with E-state index in [0.717, 1.165) is 34.2 Å². The van der Waals surface area contributed by atoms with Crippen LogP contribution in [0.15, 0.2) is 52.3 Å². The summed E-state index contributed by atoms with van der Waals surface area (Å²) < 4.78 is 18.0. The zero-order chi connectivity index (χ0) is 27.1. The third-order valence-electron chi connectivity index (χ3n) is 6.46. The standard InChI is InChI=1S/C27H26ClFN6O2S/c1-14-9-20(15(2)30-22-7-8-23(28)31-25(22)38-33-16(3)36)24-21(10-14)26(37)34(4)27(32-24)35-12-17-5-6-19(29)11-18(17)13-35/h5-11,15,30H,12-13H2,1-4H3,(H,33,36). The molecule has 5 rings (SSSR count). The second-order valence-electron chi connectivity index (χ2n) is 9.41. The summed E-state index contributed by atoms with van der Waals surface area (Å²) in [7, 11) is 1.71. The molecule has 0 spiro atoms. The van der Waals surface area contributed by atoms with Crippen molar-refractivity contribution in [1.82, 2.24) is 19.3 Å². The maximum atomic E-state index is 13.8. The predicted octanol–water partition coefficient (Wildman–Crippen LogP) is 5.27. The fraction of sp³-hybridized carbons (Fsp3) is 0.259. The van der Waals surface area contributed by atoms with Gasteiger partial charge in [-0.25, -0.2) is 14.4 Å². The number of aryl methyl sites for hydroxylation is 1. The lowest BCUT2D eigenvalue weighted by Crippen LogP contribution is -2.28. The van der Waals surface area contributed by atoms with Gasteiger partial charge in [0.1, 0.15) is 16.0 Å². The van der Waals surface area contributed by atoms with Crippen LogP contribution in [0.1, 0.15) is 42.1 Å². The topological polar surface area (TPSA) is 92.2 Å². The van der Waals surface area contributed by atoms with Crippen molar-refractivity contribution in [2.75, 3.05) is 10.2 Å². The van der Waals surface area contributed by atoms with Crippen LogP contribution in [0.4, 0.5) is 16.0 Å². The monoisotopic (exact) mass is 552 g/mol. The molecule has 0 bridgehead atoms. The second-order valence-corrected chi connectivity index (χ2v) is 10.6. The number of fused-ring (bicyclic) bond motifs is 2. The molecule has 0 radical (unpaired) electrons. The highest BCUT2D eigenvalue weighted by Crippen LogP contribution is 2.33. The highest BCUT2D eigenvalue weighted by Gasteiger charge is 2.25. The lowest BCUT2D eigenvalue weighted by atomic mass is 10.0. The van der Waals surface area contributed by atoms with Gasteiger partial charge in [-0.05, 0) is 60.9 Å². The number of carbonyl (C=O) groups excluding carboxylic acids is 1. The van der Waals surface area contributed by atoms with Crippen molar-refractivity contribution in [3.63, 3.8) is 0 Å². The first-order valence-corrected chi connectivity index (χ1v) is 13.2. The van der Waals surface area contributed by atoms with Crippen LogP contribution in [0.25, 0.3) is 10.9 Å². The molecule has 0 saturated heterocycles. The molecular formula is C27H26ClFN6O2S. The molecule has 4 aromatic rings. The summed E-state index contributed by atoms with van der Waals surface area (Å²) in [4.78, 5) is 36.3. The van der Waals surface area contributed by atoms with E-state index in [-0.39, 0.29) is 23.3 Å². The molecule has 2 aromatic carbocycles. The summed E-state index contributed by atoms with van der Waals surface area (Å²) in [5, 5.41) is 4.78. The molecule has 2 N–H and O–H groups in total. The number of hydrogen-bond acceptors (Lipinski definition) is 7.